The SMILES string of the molecule is CCCCN(CCCC)C[C@@H](O)c1ccc2cc(Cl)c3ccccc3c2c1. The molecule has 1 atom stereocenters. The van der Waals surface area contributed by atoms with Crippen molar-refractivity contribution < 1.29 is 5.11 Å². The molecule has 0 unspecified atom stereocenters. The minimum absolute atomic E-state index is 0.474. The van der Waals surface area contributed by atoms with Gasteiger partial charge >= 0.3 is 0 Å². The molecule has 3 aromatic rings. The van der Waals surface area contributed by atoms with Crippen molar-refractivity contribution in [2.75, 3.05) is 19.6 Å². The van der Waals surface area contributed by atoms with Crippen LogP contribution in [0.4, 0.5) is 0 Å². The number of aliphatic hydroxyl groups is 1. The predicted octanol–water partition coefficient (Wildman–Crippen LogP) is 6.58. The molecule has 0 fully saturated rings. The Hall–Kier alpha value is -1.61. The van der Waals surface area contributed by atoms with Crippen molar-refractivity contribution in [3.63, 3.8) is 0 Å². The fourth-order valence-electron chi connectivity index (χ4n) is 3.69. The lowest BCUT2D eigenvalue weighted by Crippen LogP contribution is -2.30. The topological polar surface area (TPSA) is 23.5 Å². The molecule has 0 radical (unpaired) electrons. The monoisotopic (exact) mass is 383 g/mol. The van der Waals surface area contributed by atoms with Gasteiger partial charge in [0.1, 0.15) is 0 Å². The third-order valence-corrected chi connectivity index (χ3v) is 5.62. The van der Waals surface area contributed by atoms with Gasteiger partial charge in [-0.2, -0.15) is 0 Å². The van der Waals surface area contributed by atoms with Crippen molar-refractivity contribution in [3.8, 4) is 0 Å². The van der Waals surface area contributed by atoms with Gasteiger partial charge in [0.05, 0.1) is 6.10 Å². The summed E-state index contributed by atoms with van der Waals surface area (Å²) < 4.78 is 0. The Kier molecular flexibility index (Phi) is 7.12. The molecular weight excluding hydrogens is 354 g/mol. The molecule has 0 amide bonds. The van der Waals surface area contributed by atoms with E-state index < -0.39 is 6.10 Å². The van der Waals surface area contributed by atoms with Crippen LogP contribution in [0.5, 0.6) is 0 Å². The lowest BCUT2D eigenvalue weighted by molar-refractivity contribution is 0.111. The molecule has 3 aromatic carbocycles. The maximum absolute atomic E-state index is 10.9. The summed E-state index contributed by atoms with van der Waals surface area (Å²) in [5, 5.41) is 16.2. The van der Waals surface area contributed by atoms with E-state index in [0.29, 0.717) is 6.54 Å². The summed E-state index contributed by atoms with van der Waals surface area (Å²) in [6.07, 6.45) is 4.25. The first-order valence-corrected chi connectivity index (χ1v) is 10.5. The van der Waals surface area contributed by atoms with E-state index in [9.17, 15) is 5.11 Å². The molecule has 3 rings (SSSR count). The third-order valence-electron chi connectivity index (χ3n) is 5.31. The first-order valence-electron chi connectivity index (χ1n) is 10.1. The molecule has 0 aliphatic carbocycles. The van der Waals surface area contributed by atoms with Crippen molar-refractivity contribution in [1.29, 1.82) is 0 Å². The number of hydrogen-bond donors (Lipinski definition) is 1. The van der Waals surface area contributed by atoms with Crippen LogP contribution in [0.1, 0.15) is 51.2 Å². The minimum Gasteiger partial charge on any atom is -0.387 e. The lowest BCUT2D eigenvalue weighted by atomic mass is 9.98. The van der Waals surface area contributed by atoms with E-state index in [0.717, 1.165) is 45.2 Å². The zero-order chi connectivity index (χ0) is 19.2. The quantitative estimate of drug-likeness (QED) is 0.421. The molecule has 0 spiro atoms. The molecule has 0 aromatic heterocycles. The van der Waals surface area contributed by atoms with Gasteiger partial charge in [-0.25, -0.2) is 0 Å². The van der Waals surface area contributed by atoms with Gasteiger partial charge in [-0.15, -0.1) is 0 Å². The number of rotatable bonds is 9. The summed E-state index contributed by atoms with van der Waals surface area (Å²) in [7, 11) is 0. The second-order valence-electron chi connectivity index (χ2n) is 7.41. The summed E-state index contributed by atoms with van der Waals surface area (Å²) in [4.78, 5) is 2.40. The van der Waals surface area contributed by atoms with Crippen molar-refractivity contribution in [2.45, 2.75) is 45.6 Å². The van der Waals surface area contributed by atoms with Crippen LogP contribution in [-0.4, -0.2) is 29.6 Å². The Balaban J connectivity index is 1.89. The summed E-state index contributed by atoms with van der Waals surface area (Å²) in [6, 6.07) is 16.5. The molecule has 1 N–H and O–H groups in total. The van der Waals surface area contributed by atoms with Crippen LogP contribution in [0.15, 0.2) is 48.5 Å². The van der Waals surface area contributed by atoms with E-state index in [2.05, 4.69) is 43.0 Å². The summed E-state index contributed by atoms with van der Waals surface area (Å²) in [5.41, 5.74) is 0.980. The highest BCUT2D eigenvalue weighted by Gasteiger charge is 2.15. The second-order valence-corrected chi connectivity index (χ2v) is 7.82. The summed E-state index contributed by atoms with van der Waals surface area (Å²) in [5.74, 6) is 0. The van der Waals surface area contributed by atoms with Crippen LogP contribution in [0.25, 0.3) is 21.5 Å². The molecule has 0 saturated carbocycles. The molecule has 2 nitrogen and oxygen atoms in total. The molecular formula is C24H30ClNO. The Labute approximate surface area is 167 Å². The number of hydrogen-bond acceptors (Lipinski definition) is 2. The first-order chi connectivity index (χ1) is 13.1. The van der Waals surface area contributed by atoms with Gasteiger partial charge in [0.15, 0.2) is 0 Å². The van der Waals surface area contributed by atoms with E-state index in [1.54, 1.807) is 0 Å². The maximum Gasteiger partial charge on any atom is 0.0917 e. The normalized spacial score (nSPS) is 12.9. The zero-order valence-electron chi connectivity index (χ0n) is 16.4. The van der Waals surface area contributed by atoms with Gasteiger partial charge in [-0.1, -0.05) is 74.7 Å². The molecule has 0 aliphatic heterocycles. The maximum atomic E-state index is 10.9. The summed E-state index contributed by atoms with van der Waals surface area (Å²) in [6.45, 7) is 7.23. The van der Waals surface area contributed by atoms with Crippen molar-refractivity contribution in [3.05, 3.63) is 59.1 Å². The number of unbranched alkanes of at least 4 members (excludes halogenated alkanes) is 2. The van der Waals surface area contributed by atoms with E-state index in [-0.39, 0.29) is 0 Å². The van der Waals surface area contributed by atoms with E-state index in [1.165, 1.54) is 25.7 Å². The summed E-state index contributed by atoms with van der Waals surface area (Å²) >= 11 is 6.45. The van der Waals surface area contributed by atoms with Crippen LogP contribution in [0.3, 0.4) is 0 Å². The predicted molar refractivity (Wildman–Crippen MR) is 118 cm³/mol. The number of fused-ring (bicyclic) bond motifs is 3. The van der Waals surface area contributed by atoms with Crippen molar-refractivity contribution >= 4 is 33.1 Å². The van der Waals surface area contributed by atoms with Gasteiger partial charge in [0.25, 0.3) is 0 Å². The van der Waals surface area contributed by atoms with Crippen LogP contribution in [0.2, 0.25) is 5.02 Å². The Morgan fingerprint density at radius 1 is 0.889 bits per heavy atom. The average Bonchev–Trinajstić information content (AvgIpc) is 2.70. The van der Waals surface area contributed by atoms with Crippen LogP contribution >= 0.6 is 11.6 Å². The van der Waals surface area contributed by atoms with Gasteiger partial charge in [0.2, 0.25) is 0 Å². The Bertz CT molecular complexity index is 884. The fourth-order valence-corrected chi connectivity index (χ4v) is 3.97. The third kappa shape index (κ3) is 4.82. The number of halogens is 1. The van der Waals surface area contributed by atoms with Gasteiger partial charge in [-0.05, 0) is 59.8 Å². The van der Waals surface area contributed by atoms with E-state index >= 15 is 0 Å². The van der Waals surface area contributed by atoms with Gasteiger partial charge in [-0.3, -0.25) is 0 Å². The first kappa shape index (κ1) is 20.1. The van der Waals surface area contributed by atoms with E-state index in [1.807, 2.05) is 24.3 Å². The fraction of sp³-hybridized carbons (Fsp3) is 0.417. The molecule has 27 heavy (non-hydrogen) atoms. The lowest BCUT2D eigenvalue weighted by Gasteiger charge is -2.25. The Morgan fingerprint density at radius 2 is 1.56 bits per heavy atom. The largest absolute Gasteiger partial charge is 0.387 e. The smallest absolute Gasteiger partial charge is 0.0917 e. The van der Waals surface area contributed by atoms with Gasteiger partial charge in [0, 0.05) is 17.0 Å². The van der Waals surface area contributed by atoms with Gasteiger partial charge < -0.3 is 10.0 Å². The van der Waals surface area contributed by atoms with Crippen LogP contribution in [0, 0.1) is 0 Å². The standard InChI is InChI=1S/C24H30ClNO/c1-3-5-13-26(14-6-4-2)17-24(27)19-12-11-18-16-23(25)21-10-8-7-9-20(21)22(18)15-19/h7-12,15-16,24,27H,3-6,13-14,17H2,1-2H3/t24-/m1/s1. The minimum atomic E-state index is -0.474. The number of benzene rings is 3. The molecule has 0 aliphatic rings. The highest BCUT2D eigenvalue weighted by molar-refractivity contribution is 6.37. The van der Waals surface area contributed by atoms with Crippen molar-refractivity contribution in [1.82, 2.24) is 4.90 Å². The number of aliphatic hydroxyl groups excluding tert-OH is 1. The highest BCUT2D eigenvalue weighted by Crippen LogP contribution is 2.33. The van der Waals surface area contributed by atoms with Crippen LogP contribution < -0.4 is 0 Å². The molecule has 144 valence electrons. The molecule has 3 heteroatoms. The van der Waals surface area contributed by atoms with Crippen LogP contribution in [-0.2, 0) is 0 Å². The molecule has 0 saturated heterocycles. The molecule has 0 bridgehead atoms. The highest BCUT2D eigenvalue weighted by atomic mass is 35.5. The Morgan fingerprint density at radius 3 is 2.22 bits per heavy atom. The average molecular weight is 384 g/mol. The molecule has 0 heterocycles. The number of nitrogens with zero attached hydrogens (tertiary/aromatic N) is 1. The van der Waals surface area contributed by atoms with Crippen molar-refractivity contribution in [2.24, 2.45) is 0 Å². The second kappa shape index (κ2) is 9.54. The zero-order valence-corrected chi connectivity index (χ0v) is 17.2. The van der Waals surface area contributed by atoms with E-state index in [4.69, 9.17) is 11.6 Å².